The highest BCUT2D eigenvalue weighted by molar-refractivity contribution is 7.99. The molecule has 1 atom stereocenters. The Bertz CT molecular complexity index is 1010. The molecule has 3 aromatic rings. The largest absolute Gasteiger partial charge is 0.435 e. The lowest BCUT2D eigenvalue weighted by atomic mass is 9.87. The van der Waals surface area contributed by atoms with E-state index in [1.807, 2.05) is 6.92 Å². The molecule has 0 amide bonds. The molecule has 1 unspecified atom stereocenters. The van der Waals surface area contributed by atoms with Crippen molar-refractivity contribution in [1.29, 1.82) is 0 Å². The maximum absolute atomic E-state index is 12.2. The summed E-state index contributed by atoms with van der Waals surface area (Å²) >= 11 is 1.59. The Morgan fingerprint density at radius 3 is 2.55 bits per heavy atom. The van der Waals surface area contributed by atoms with Crippen molar-refractivity contribution in [3.63, 3.8) is 0 Å². The van der Waals surface area contributed by atoms with Gasteiger partial charge in [0.1, 0.15) is 0 Å². The molecule has 1 aliphatic carbocycles. The first-order valence-corrected chi connectivity index (χ1v) is 12.6. The quantitative estimate of drug-likeness (QED) is 0.203. The zero-order chi connectivity index (χ0) is 21.5. The van der Waals surface area contributed by atoms with Crippen LogP contribution in [-0.2, 0) is 20.0 Å². The monoisotopic (exact) mass is 436 g/mol. The predicted molar refractivity (Wildman–Crippen MR) is 130 cm³/mol. The molecular weight excluding hydrogens is 404 g/mol. The third-order valence-electron chi connectivity index (χ3n) is 6.22. The molecule has 3 aromatic carbocycles. The van der Waals surface area contributed by atoms with Crippen molar-refractivity contribution in [2.45, 2.75) is 57.5 Å². The first-order valence-electron chi connectivity index (χ1n) is 11.5. The lowest BCUT2D eigenvalue weighted by molar-refractivity contribution is -0.172. The van der Waals surface area contributed by atoms with E-state index < -0.39 is 6.29 Å². The fourth-order valence-corrected chi connectivity index (χ4v) is 5.34. The van der Waals surface area contributed by atoms with Crippen molar-refractivity contribution in [3.05, 3.63) is 60.2 Å². The average Bonchev–Trinajstić information content (AvgIpc) is 2.78. The van der Waals surface area contributed by atoms with E-state index in [9.17, 15) is 4.79 Å². The van der Waals surface area contributed by atoms with E-state index in [2.05, 4.69) is 54.6 Å². The highest BCUT2D eigenvalue weighted by Gasteiger charge is 2.15. The predicted octanol–water partition coefficient (Wildman–Crippen LogP) is 7.10. The summed E-state index contributed by atoms with van der Waals surface area (Å²) in [7, 11) is 0. The van der Waals surface area contributed by atoms with Gasteiger partial charge >= 0.3 is 5.97 Å². The maximum Gasteiger partial charge on any atom is 0.318 e. The lowest BCUT2D eigenvalue weighted by Crippen LogP contribution is -2.21. The second-order valence-electron chi connectivity index (χ2n) is 8.55. The Morgan fingerprint density at radius 1 is 1.00 bits per heavy atom. The number of hydrogen-bond acceptors (Lipinski definition) is 4. The lowest BCUT2D eigenvalue weighted by Gasteiger charge is -2.22. The van der Waals surface area contributed by atoms with Gasteiger partial charge in [-0.3, -0.25) is 4.79 Å². The van der Waals surface area contributed by atoms with E-state index in [4.69, 9.17) is 9.47 Å². The summed E-state index contributed by atoms with van der Waals surface area (Å²) < 4.78 is 11.2. The molecule has 4 heteroatoms. The van der Waals surface area contributed by atoms with Gasteiger partial charge in [-0.25, -0.2) is 0 Å². The van der Waals surface area contributed by atoms with Crippen LogP contribution < -0.4 is 0 Å². The Labute approximate surface area is 189 Å². The number of ether oxygens (including phenoxy) is 2. The van der Waals surface area contributed by atoms with Gasteiger partial charge in [0, 0.05) is 5.75 Å². The fraction of sp³-hybridized carbons (Fsp3) is 0.444. The number of fused-ring (bicyclic) bond motifs is 2. The summed E-state index contributed by atoms with van der Waals surface area (Å²) in [6, 6.07) is 19.3. The molecule has 1 aliphatic rings. The van der Waals surface area contributed by atoms with Crippen molar-refractivity contribution < 1.29 is 14.3 Å². The average molecular weight is 437 g/mol. The van der Waals surface area contributed by atoms with Crippen LogP contribution in [0.5, 0.6) is 0 Å². The standard InChI is InChI=1S/C27H32O3S/c1-20(29-15-14-21-8-3-2-4-9-21)30-27(28)19-31-18-25-13-7-12-24-16-22-10-5-6-11-23(22)17-26(24)25/h5-7,10-13,16-17,20-21H,2-4,8-9,14-15,18-19H2,1H3. The molecule has 31 heavy (non-hydrogen) atoms. The van der Waals surface area contributed by atoms with Crippen LogP contribution in [-0.4, -0.2) is 24.6 Å². The van der Waals surface area contributed by atoms with E-state index in [0.717, 1.165) is 18.1 Å². The zero-order valence-corrected chi connectivity index (χ0v) is 19.2. The van der Waals surface area contributed by atoms with E-state index >= 15 is 0 Å². The molecule has 1 saturated carbocycles. The van der Waals surface area contributed by atoms with Crippen molar-refractivity contribution in [1.82, 2.24) is 0 Å². The second kappa shape index (κ2) is 11.0. The Morgan fingerprint density at radius 2 is 1.74 bits per heavy atom. The highest BCUT2D eigenvalue weighted by atomic mass is 32.2. The molecule has 0 heterocycles. The van der Waals surface area contributed by atoms with Crippen LogP contribution in [0.4, 0.5) is 0 Å². The van der Waals surface area contributed by atoms with Crippen molar-refractivity contribution in [3.8, 4) is 0 Å². The molecule has 0 spiro atoms. The van der Waals surface area contributed by atoms with Crippen LogP contribution in [0.15, 0.2) is 54.6 Å². The van der Waals surface area contributed by atoms with Crippen LogP contribution in [0.1, 0.15) is 51.0 Å². The third-order valence-corrected chi connectivity index (χ3v) is 7.17. The van der Waals surface area contributed by atoms with Gasteiger partial charge < -0.3 is 9.47 Å². The van der Waals surface area contributed by atoms with Gasteiger partial charge in [-0.2, -0.15) is 0 Å². The van der Waals surface area contributed by atoms with E-state index in [0.29, 0.717) is 12.4 Å². The number of carbonyl (C=O) groups excluding carboxylic acids is 1. The Hall–Kier alpha value is -2.04. The Kier molecular flexibility index (Phi) is 7.87. The van der Waals surface area contributed by atoms with E-state index in [1.54, 1.807) is 11.8 Å². The minimum Gasteiger partial charge on any atom is -0.435 e. The SMILES string of the molecule is CC(OCCC1CCCCC1)OC(=O)CSCc1cccc2cc3ccccc3cc12. The molecule has 0 bridgehead atoms. The molecule has 0 saturated heterocycles. The number of hydrogen-bond donors (Lipinski definition) is 0. The molecule has 164 valence electrons. The summed E-state index contributed by atoms with van der Waals surface area (Å²) in [5, 5.41) is 4.98. The fourth-order valence-electron chi connectivity index (χ4n) is 4.53. The summed E-state index contributed by atoms with van der Waals surface area (Å²) in [5.41, 5.74) is 1.25. The van der Waals surface area contributed by atoms with Crippen LogP contribution >= 0.6 is 11.8 Å². The minimum atomic E-state index is -0.472. The van der Waals surface area contributed by atoms with Gasteiger partial charge in [0.15, 0.2) is 6.29 Å². The summed E-state index contributed by atoms with van der Waals surface area (Å²) in [6.45, 7) is 2.50. The van der Waals surface area contributed by atoms with Crippen LogP contribution in [0, 0.1) is 5.92 Å². The minimum absolute atomic E-state index is 0.208. The summed E-state index contributed by atoms with van der Waals surface area (Å²) in [5.74, 6) is 1.69. The van der Waals surface area contributed by atoms with Crippen LogP contribution in [0.25, 0.3) is 21.5 Å². The molecule has 0 radical (unpaired) electrons. The highest BCUT2D eigenvalue weighted by Crippen LogP contribution is 2.28. The van der Waals surface area contributed by atoms with Gasteiger partial charge in [0.2, 0.25) is 0 Å². The van der Waals surface area contributed by atoms with Crippen molar-refractivity contribution >= 4 is 39.3 Å². The van der Waals surface area contributed by atoms with Crippen molar-refractivity contribution in [2.75, 3.05) is 12.4 Å². The van der Waals surface area contributed by atoms with Gasteiger partial charge in [-0.1, -0.05) is 74.6 Å². The molecule has 0 N–H and O–H groups in total. The van der Waals surface area contributed by atoms with E-state index in [1.165, 1.54) is 59.2 Å². The van der Waals surface area contributed by atoms with Gasteiger partial charge in [0.25, 0.3) is 0 Å². The van der Waals surface area contributed by atoms with Crippen LogP contribution in [0.3, 0.4) is 0 Å². The Balaban J connectivity index is 1.23. The molecule has 1 fully saturated rings. The van der Waals surface area contributed by atoms with E-state index in [-0.39, 0.29) is 5.97 Å². The topological polar surface area (TPSA) is 35.5 Å². The van der Waals surface area contributed by atoms with Gasteiger partial charge in [-0.05, 0) is 58.5 Å². The van der Waals surface area contributed by atoms with Gasteiger partial charge in [-0.15, -0.1) is 11.8 Å². The number of carbonyl (C=O) groups is 1. The van der Waals surface area contributed by atoms with Crippen LogP contribution in [0.2, 0.25) is 0 Å². The normalized spacial score (nSPS) is 15.9. The molecule has 0 aliphatic heterocycles. The molecule has 4 rings (SSSR count). The molecule has 3 nitrogen and oxygen atoms in total. The third kappa shape index (κ3) is 6.24. The molecule has 0 aromatic heterocycles. The number of esters is 1. The molecular formula is C27H32O3S. The van der Waals surface area contributed by atoms with Gasteiger partial charge in [0.05, 0.1) is 12.4 Å². The summed E-state index contributed by atoms with van der Waals surface area (Å²) in [4.78, 5) is 12.2. The number of rotatable bonds is 9. The van der Waals surface area contributed by atoms with Crippen molar-refractivity contribution in [2.24, 2.45) is 5.92 Å². The second-order valence-corrected chi connectivity index (χ2v) is 9.54. The zero-order valence-electron chi connectivity index (χ0n) is 18.3. The first-order chi connectivity index (χ1) is 15.2. The number of thioether (sulfide) groups is 1. The smallest absolute Gasteiger partial charge is 0.318 e. The summed E-state index contributed by atoms with van der Waals surface area (Å²) in [6.07, 6.45) is 7.31. The number of benzene rings is 3. The maximum atomic E-state index is 12.2. The first kappa shape index (κ1) is 22.2.